The summed E-state index contributed by atoms with van der Waals surface area (Å²) in [6.07, 6.45) is 0. The fraction of sp³-hybridized carbons (Fsp3) is 0.571. The van der Waals surface area contributed by atoms with Gasteiger partial charge in [-0.2, -0.15) is 0 Å². The molecule has 0 aromatic carbocycles. The van der Waals surface area contributed by atoms with Crippen LogP contribution in [-0.4, -0.2) is 56.6 Å². The van der Waals surface area contributed by atoms with Gasteiger partial charge in [-0.05, 0) is 36.4 Å². The van der Waals surface area contributed by atoms with Crippen LogP contribution in [0, 0.1) is 11.8 Å². The van der Waals surface area contributed by atoms with E-state index in [1.165, 1.54) is 18.4 Å². The Morgan fingerprint density at radius 3 is 2.73 bits per heavy atom. The van der Waals surface area contributed by atoms with Crippen molar-refractivity contribution in [3.8, 4) is 0 Å². The summed E-state index contributed by atoms with van der Waals surface area (Å²) < 4.78 is 4.70. The molecule has 8 heteroatoms. The lowest BCUT2D eigenvalue weighted by Crippen LogP contribution is -2.33. The topological polar surface area (TPSA) is 70.7 Å². The Bertz CT molecular complexity index is 539. The largest absolute Gasteiger partial charge is 0.465 e. The van der Waals surface area contributed by atoms with Gasteiger partial charge in [0.2, 0.25) is 5.91 Å². The van der Waals surface area contributed by atoms with Crippen LogP contribution in [0.4, 0.5) is 5.69 Å². The highest BCUT2D eigenvalue weighted by molar-refractivity contribution is 7.12. The average Bonchev–Trinajstić information content (AvgIpc) is 3.13. The molecule has 2 N–H and O–H groups in total. The maximum Gasteiger partial charge on any atom is 0.350 e. The van der Waals surface area contributed by atoms with Crippen molar-refractivity contribution in [2.45, 2.75) is 0 Å². The summed E-state index contributed by atoms with van der Waals surface area (Å²) >= 11 is 1.27. The second-order valence-corrected chi connectivity index (χ2v) is 6.49. The molecule has 0 unspecified atom stereocenters. The van der Waals surface area contributed by atoms with E-state index in [0.29, 0.717) is 28.9 Å². The zero-order chi connectivity index (χ0) is 14.8. The van der Waals surface area contributed by atoms with Gasteiger partial charge in [0.1, 0.15) is 4.88 Å². The maximum atomic E-state index is 12.1. The SMILES string of the molecule is COC(=O)c1sccc1NC(=O)CN1C[C@H]2CNC[C@H]2C1.Cl. The summed E-state index contributed by atoms with van der Waals surface area (Å²) in [5.74, 6) is 0.850. The van der Waals surface area contributed by atoms with Crippen molar-refractivity contribution in [1.29, 1.82) is 0 Å². The third-order valence-corrected chi connectivity index (χ3v) is 5.04. The zero-order valence-electron chi connectivity index (χ0n) is 12.3. The normalized spacial score (nSPS) is 23.7. The van der Waals surface area contributed by atoms with Gasteiger partial charge in [0.05, 0.1) is 19.3 Å². The van der Waals surface area contributed by atoms with Crippen LogP contribution >= 0.6 is 23.7 Å². The number of nitrogens with zero attached hydrogens (tertiary/aromatic N) is 1. The van der Waals surface area contributed by atoms with E-state index >= 15 is 0 Å². The van der Waals surface area contributed by atoms with Crippen LogP contribution in [0.15, 0.2) is 11.4 Å². The molecule has 2 aliphatic heterocycles. The van der Waals surface area contributed by atoms with Crippen LogP contribution < -0.4 is 10.6 Å². The number of nitrogens with one attached hydrogen (secondary N) is 2. The number of ether oxygens (including phenoxy) is 1. The second kappa shape index (κ2) is 7.41. The van der Waals surface area contributed by atoms with Crippen molar-refractivity contribution >= 4 is 41.3 Å². The van der Waals surface area contributed by atoms with Crippen molar-refractivity contribution in [3.05, 3.63) is 16.3 Å². The smallest absolute Gasteiger partial charge is 0.350 e. The van der Waals surface area contributed by atoms with Crippen molar-refractivity contribution in [1.82, 2.24) is 10.2 Å². The molecule has 3 rings (SSSR count). The van der Waals surface area contributed by atoms with Crippen LogP contribution in [0.25, 0.3) is 0 Å². The van der Waals surface area contributed by atoms with Crippen LogP contribution in [0.3, 0.4) is 0 Å². The van der Waals surface area contributed by atoms with Gasteiger partial charge in [-0.25, -0.2) is 4.79 Å². The Morgan fingerprint density at radius 2 is 2.09 bits per heavy atom. The number of halogens is 1. The molecule has 0 aliphatic carbocycles. The van der Waals surface area contributed by atoms with Gasteiger partial charge < -0.3 is 15.4 Å². The minimum atomic E-state index is -0.415. The highest BCUT2D eigenvalue weighted by Crippen LogP contribution is 2.26. The number of methoxy groups -OCH3 is 1. The molecule has 6 nitrogen and oxygen atoms in total. The van der Waals surface area contributed by atoms with Gasteiger partial charge in [-0.3, -0.25) is 9.69 Å². The lowest BCUT2D eigenvalue weighted by molar-refractivity contribution is -0.117. The molecule has 2 aliphatic rings. The van der Waals surface area contributed by atoms with E-state index in [-0.39, 0.29) is 18.3 Å². The minimum Gasteiger partial charge on any atom is -0.465 e. The van der Waals surface area contributed by atoms with Gasteiger partial charge in [0.15, 0.2) is 0 Å². The van der Waals surface area contributed by atoms with Crippen molar-refractivity contribution in [2.24, 2.45) is 11.8 Å². The van der Waals surface area contributed by atoms with Gasteiger partial charge in [-0.15, -0.1) is 23.7 Å². The van der Waals surface area contributed by atoms with E-state index in [9.17, 15) is 9.59 Å². The highest BCUT2D eigenvalue weighted by Gasteiger charge is 2.36. The number of hydrogen-bond acceptors (Lipinski definition) is 6. The number of esters is 1. The monoisotopic (exact) mass is 345 g/mol. The molecule has 122 valence electrons. The standard InChI is InChI=1S/C14H19N3O3S.ClH/c1-20-14(19)13-11(2-3-21-13)16-12(18)8-17-6-9-4-15-5-10(9)7-17;/h2-3,9-10,15H,4-8H2,1H3,(H,16,18);1H/t9-,10+;. The molecule has 22 heavy (non-hydrogen) atoms. The summed E-state index contributed by atoms with van der Waals surface area (Å²) in [6, 6.07) is 1.73. The Labute approximate surface area is 139 Å². The highest BCUT2D eigenvalue weighted by atomic mass is 35.5. The number of fused-ring (bicyclic) bond motifs is 1. The first-order valence-corrected chi connectivity index (χ1v) is 7.94. The fourth-order valence-corrected chi connectivity index (χ4v) is 3.90. The third-order valence-electron chi connectivity index (χ3n) is 4.14. The van der Waals surface area contributed by atoms with Gasteiger partial charge in [0, 0.05) is 13.1 Å². The van der Waals surface area contributed by atoms with Crippen molar-refractivity contribution in [2.75, 3.05) is 45.2 Å². The molecule has 1 amide bonds. The molecule has 0 saturated carbocycles. The first-order valence-electron chi connectivity index (χ1n) is 7.06. The van der Waals surface area contributed by atoms with Gasteiger partial charge >= 0.3 is 5.97 Å². The summed E-state index contributed by atoms with van der Waals surface area (Å²) in [4.78, 5) is 26.3. The maximum absolute atomic E-state index is 12.1. The third kappa shape index (κ3) is 3.60. The summed E-state index contributed by atoms with van der Waals surface area (Å²) in [5.41, 5.74) is 0.540. The molecule has 2 atom stereocenters. The molecular weight excluding hydrogens is 326 g/mol. The van der Waals surface area contributed by atoms with Gasteiger partial charge in [-0.1, -0.05) is 0 Å². The van der Waals surface area contributed by atoms with Crippen LogP contribution in [-0.2, 0) is 9.53 Å². The Hall–Kier alpha value is -1.15. The molecule has 0 radical (unpaired) electrons. The first kappa shape index (κ1) is 17.2. The Balaban J connectivity index is 0.00000176. The van der Waals surface area contributed by atoms with Crippen LogP contribution in [0.1, 0.15) is 9.67 Å². The number of carbonyl (C=O) groups is 2. The number of anilines is 1. The summed E-state index contributed by atoms with van der Waals surface area (Å²) in [6.45, 7) is 4.43. The molecule has 3 heterocycles. The molecular formula is C14H20ClN3O3S. The van der Waals surface area contributed by atoms with Crippen LogP contribution in [0.5, 0.6) is 0 Å². The fourth-order valence-electron chi connectivity index (χ4n) is 3.13. The molecule has 0 spiro atoms. The predicted octanol–water partition coefficient (Wildman–Crippen LogP) is 1.05. The van der Waals surface area contributed by atoms with Crippen LogP contribution in [0.2, 0.25) is 0 Å². The quantitative estimate of drug-likeness (QED) is 0.798. The Morgan fingerprint density at radius 1 is 1.41 bits per heavy atom. The lowest BCUT2D eigenvalue weighted by Gasteiger charge is -2.16. The first-order chi connectivity index (χ1) is 10.2. The van der Waals surface area contributed by atoms with Crippen molar-refractivity contribution < 1.29 is 14.3 Å². The molecule has 2 saturated heterocycles. The van der Waals surface area contributed by atoms with E-state index in [1.807, 2.05) is 0 Å². The molecule has 2 fully saturated rings. The minimum absolute atomic E-state index is 0. The van der Waals surface area contributed by atoms with E-state index in [0.717, 1.165) is 26.2 Å². The van der Waals surface area contributed by atoms with E-state index < -0.39 is 5.97 Å². The number of rotatable bonds is 4. The molecule has 0 bridgehead atoms. The Kier molecular flexibility index (Phi) is 5.80. The number of likely N-dealkylation sites (tertiary alicyclic amines) is 1. The predicted molar refractivity (Wildman–Crippen MR) is 87.8 cm³/mol. The number of carbonyl (C=O) groups excluding carboxylic acids is 2. The lowest BCUT2D eigenvalue weighted by atomic mass is 10.0. The van der Waals surface area contributed by atoms with E-state index in [1.54, 1.807) is 11.4 Å². The zero-order valence-corrected chi connectivity index (χ0v) is 14.0. The summed E-state index contributed by atoms with van der Waals surface area (Å²) in [5, 5.41) is 7.97. The number of amides is 1. The van der Waals surface area contributed by atoms with E-state index in [2.05, 4.69) is 15.5 Å². The average molecular weight is 346 g/mol. The number of hydrogen-bond donors (Lipinski definition) is 2. The second-order valence-electron chi connectivity index (χ2n) is 5.58. The summed E-state index contributed by atoms with van der Waals surface area (Å²) in [7, 11) is 1.34. The molecule has 1 aromatic heterocycles. The van der Waals surface area contributed by atoms with E-state index in [4.69, 9.17) is 4.74 Å². The van der Waals surface area contributed by atoms with Gasteiger partial charge in [0.25, 0.3) is 0 Å². The molecule has 1 aromatic rings. The van der Waals surface area contributed by atoms with Crippen molar-refractivity contribution in [3.63, 3.8) is 0 Å². The number of thiophene rings is 1.